The largest absolute Gasteiger partial charge is 0.468 e. The van der Waals surface area contributed by atoms with Crippen LogP contribution in [0.4, 0.5) is 0 Å². The molecule has 0 saturated carbocycles. The second-order valence-corrected chi connectivity index (χ2v) is 6.04. The molecule has 3 rings (SSSR count). The molecule has 1 aromatic carbocycles. The van der Waals surface area contributed by atoms with Crippen LogP contribution < -0.4 is 5.73 Å². The average molecular weight is 323 g/mol. The molecule has 0 bridgehead atoms. The summed E-state index contributed by atoms with van der Waals surface area (Å²) in [6, 6.07) is 11.4. The Labute approximate surface area is 141 Å². The van der Waals surface area contributed by atoms with E-state index in [1.165, 1.54) is 12.7 Å². The normalized spacial score (nSPS) is 12.3. The van der Waals surface area contributed by atoms with Crippen LogP contribution in [0.15, 0.2) is 42.6 Å². The van der Waals surface area contributed by atoms with Gasteiger partial charge in [-0.3, -0.25) is 4.79 Å². The van der Waals surface area contributed by atoms with E-state index in [0.717, 1.165) is 28.2 Å². The lowest BCUT2D eigenvalue weighted by Gasteiger charge is -2.11. The minimum atomic E-state index is -0.723. The number of aromatic nitrogens is 2. The number of imidazole rings is 1. The Bertz CT molecular complexity index is 882. The fourth-order valence-corrected chi connectivity index (χ4v) is 2.78. The van der Waals surface area contributed by atoms with Crippen molar-refractivity contribution in [2.24, 2.45) is 5.73 Å². The van der Waals surface area contributed by atoms with Crippen molar-refractivity contribution in [3.8, 4) is 11.3 Å². The van der Waals surface area contributed by atoms with E-state index in [1.807, 2.05) is 48.7 Å². The van der Waals surface area contributed by atoms with Gasteiger partial charge in [0.15, 0.2) is 0 Å². The molecule has 24 heavy (non-hydrogen) atoms. The monoisotopic (exact) mass is 323 g/mol. The van der Waals surface area contributed by atoms with Gasteiger partial charge < -0.3 is 14.9 Å². The molecule has 0 amide bonds. The van der Waals surface area contributed by atoms with Gasteiger partial charge in [0.25, 0.3) is 0 Å². The standard InChI is InChI=1S/C19H21N3O2/c1-12-4-7-14(8-5-12)18-16(10-15(20)19(23)24-3)22-11-13(2)6-9-17(22)21-18/h4-9,11,15H,10,20H2,1-3H3. The molecule has 0 aliphatic heterocycles. The zero-order chi connectivity index (χ0) is 17.3. The van der Waals surface area contributed by atoms with Gasteiger partial charge in [-0.15, -0.1) is 0 Å². The molecule has 5 nitrogen and oxygen atoms in total. The topological polar surface area (TPSA) is 69.6 Å². The molecule has 0 spiro atoms. The maximum Gasteiger partial charge on any atom is 0.323 e. The summed E-state index contributed by atoms with van der Waals surface area (Å²) in [6.07, 6.45) is 2.37. The van der Waals surface area contributed by atoms with Crippen LogP contribution in [0.5, 0.6) is 0 Å². The highest BCUT2D eigenvalue weighted by Crippen LogP contribution is 2.26. The first-order valence-electron chi connectivity index (χ1n) is 7.87. The van der Waals surface area contributed by atoms with Gasteiger partial charge in [0.2, 0.25) is 0 Å². The Kier molecular flexibility index (Phi) is 4.36. The van der Waals surface area contributed by atoms with Crippen molar-refractivity contribution < 1.29 is 9.53 Å². The number of carbonyl (C=O) groups is 1. The Morgan fingerprint density at radius 2 is 1.83 bits per heavy atom. The molecule has 2 aromatic heterocycles. The number of fused-ring (bicyclic) bond motifs is 1. The summed E-state index contributed by atoms with van der Waals surface area (Å²) in [6.45, 7) is 4.07. The van der Waals surface area contributed by atoms with E-state index in [2.05, 4.69) is 12.1 Å². The summed E-state index contributed by atoms with van der Waals surface area (Å²) in [4.78, 5) is 16.5. The van der Waals surface area contributed by atoms with Gasteiger partial charge in [-0.2, -0.15) is 0 Å². The van der Waals surface area contributed by atoms with Crippen LogP contribution >= 0.6 is 0 Å². The summed E-state index contributed by atoms with van der Waals surface area (Å²) in [5, 5.41) is 0. The van der Waals surface area contributed by atoms with E-state index in [-0.39, 0.29) is 0 Å². The Hall–Kier alpha value is -2.66. The summed E-state index contributed by atoms with van der Waals surface area (Å²) in [7, 11) is 1.35. The molecule has 3 aromatic rings. The molecule has 1 atom stereocenters. The molecular weight excluding hydrogens is 302 g/mol. The Morgan fingerprint density at radius 3 is 2.50 bits per heavy atom. The zero-order valence-electron chi connectivity index (χ0n) is 14.1. The number of hydrogen-bond donors (Lipinski definition) is 1. The van der Waals surface area contributed by atoms with Crippen molar-refractivity contribution in [1.29, 1.82) is 0 Å². The number of pyridine rings is 1. The van der Waals surface area contributed by atoms with Gasteiger partial charge in [-0.05, 0) is 25.5 Å². The summed E-state index contributed by atoms with van der Waals surface area (Å²) in [5.41, 5.74) is 11.9. The van der Waals surface area contributed by atoms with Crippen molar-refractivity contribution in [2.45, 2.75) is 26.3 Å². The van der Waals surface area contributed by atoms with Crippen LogP contribution in [0, 0.1) is 13.8 Å². The molecule has 0 fully saturated rings. The molecule has 0 radical (unpaired) electrons. The molecule has 1 unspecified atom stereocenters. The highest BCUT2D eigenvalue weighted by molar-refractivity contribution is 5.76. The zero-order valence-corrected chi connectivity index (χ0v) is 14.1. The third-order valence-corrected chi connectivity index (χ3v) is 4.11. The predicted octanol–water partition coefficient (Wildman–Crippen LogP) is 2.66. The smallest absolute Gasteiger partial charge is 0.323 e. The average Bonchev–Trinajstić information content (AvgIpc) is 2.92. The van der Waals surface area contributed by atoms with E-state index in [9.17, 15) is 4.79 Å². The number of methoxy groups -OCH3 is 1. The van der Waals surface area contributed by atoms with E-state index in [0.29, 0.717) is 6.42 Å². The van der Waals surface area contributed by atoms with Crippen LogP contribution in [0.2, 0.25) is 0 Å². The van der Waals surface area contributed by atoms with Crippen LogP contribution in [0.25, 0.3) is 16.9 Å². The second-order valence-electron chi connectivity index (χ2n) is 6.04. The maximum atomic E-state index is 11.8. The number of aryl methyl sites for hydroxylation is 2. The molecule has 0 aliphatic rings. The summed E-state index contributed by atoms with van der Waals surface area (Å²) >= 11 is 0. The van der Waals surface area contributed by atoms with Gasteiger partial charge >= 0.3 is 5.97 Å². The van der Waals surface area contributed by atoms with E-state index >= 15 is 0 Å². The highest BCUT2D eigenvalue weighted by Gasteiger charge is 2.21. The minimum Gasteiger partial charge on any atom is -0.468 e. The fourth-order valence-electron chi connectivity index (χ4n) is 2.78. The lowest BCUT2D eigenvalue weighted by atomic mass is 10.0. The van der Waals surface area contributed by atoms with Crippen molar-refractivity contribution in [1.82, 2.24) is 9.38 Å². The van der Waals surface area contributed by atoms with E-state index in [1.54, 1.807) is 0 Å². The van der Waals surface area contributed by atoms with Crippen LogP contribution in [-0.4, -0.2) is 28.5 Å². The maximum absolute atomic E-state index is 11.8. The number of benzene rings is 1. The van der Waals surface area contributed by atoms with Crippen molar-refractivity contribution in [3.05, 3.63) is 59.4 Å². The first-order chi connectivity index (χ1) is 11.5. The fraction of sp³-hybridized carbons (Fsp3) is 0.263. The minimum absolute atomic E-state index is 0.362. The molecular formula is C19H21N3O2. The number of nitrogens with two attached hydrogens (primary N) is 1. The lowest BCUT2D eigenvalue weighted by molar-refractivity contribution is -0.142. The molecule has 124 valence electrons. The van der Waals surface area contributed by atoms with Crippen molar-refractivity contribution >= 4 is 11.6 Å². The molecule has 0 aliphatic carbocycles. The molecule has 0 saturated heterocycles. The van der Waals surface area contributed by atoms with Gasteiger partial charge in [0.05, 0.1) is 18.5 Å². The third-order valence-electron chi connectivity index (χ3n) is 4.11. The van der Waals surface area contributed by atoms with Gasteiger partial charge in [0.1, 0.15) is 11.7 Å². The van der Waals surface area contributed by atoms with Gasteiger partial charge in [-0.1, -0.05) is 35.9 Å². The highest BCUT2D eigenvalue weighted by atomic mass is 16.5. The van der Waals surface area contributed by atoms with E-state index in [4.69, 9.17) is 15.5 Å². The summed E-state index contributed by atoms with van der Waals surface area (Å²) < 4.78 is 6.77. The first-order valence-corrected chi connectivity index (χ1v) is 7.87. The predicted molar refractivity (Wildman–Crippen MR) is 93.8 cm³/mol. The first kappa shape index (κ1) is 16.2. The number of carbonyl (C=O) groups excluding carboxylic acids is 1. The van der Waals surface area contributed by atoms with Crippen LogP contribution in [0.3, 0.4) is 0 Å². The van der Waals surface area contributed by atoms with Crippen molar-refractivity contribution in [2.75, 3.05) is 7.11 Å². The number of rotatable bonds is 4. The van der Waals surface area contributed by atoms with Crippen molar-refractivity contribution in [3.63, 3.8) is 0 Å². The number of hydrogen-bond acceptors (Lipinski definition) is 4. The molecule has 5 heteroatoms. The lowest BCUT2D eigenvalue weighted by Crippen LogP contribution is -2.34. The van der Waals surface area contributed by atoms with Gasteiger partial charge in [0, 0.05) is 18.2 Å². The van der Waals surface area contributed by atoms with E-state index < -0.39 is 12.0 Å². The molecule has 2 N–H and O–H groups in total. The Balaban J connectivity index is 2.15. The third kappa shape index (κ3) is 3.03. The van der Waals surface area contributed by atoms with Crippen LogP contribution in [0.1, 0.15) is 16.8 Å². The second kappa shape index (κ2) is 6.45. The van der Waals surface area contributed by atoms with Gasteiger partial charge in [-0.25, -0.2) is 4.98 Å². The SMILES string of the molecule is COC(=O)C(N)Cc1c(-c2ccc(C)cc2)nc2ccc(C)cn12. The molecule has 2 heterocycles. The summed E-state index contributed by atoms with van der Waals surface area (Å²) in [5.74, 6) is -0.424. The number of nitrogens with zero attached hydrogens (tertiary/aromatic N) is 2. The quantitative estimate of drug-likeness (QED) is 0.749. The number of ether oxygens (including phenoxy) is 1. The Morgan fingerprint density at radius 1 is 1.17 bits per heavy atom. The van der Waals surface area contributed by atoms with Crippen LogP contribution in [-0.2, 0) is 16.0 Å². The number of esters is 1.